The van der Waals surface area contributed by atoms with E-state index in [9.17, 15) is 4.79 Å². The number of nitrogens with zero attached hydrogens (tertiary/aromatic N) is 4. The van der Waals surface area contributed by atoms with Crippen molar-refractivity contribution in [3.8, 4) is 0 Å². The van der Waals surface area contributed by atoms with Crippen molar-refractivity contribution >= 4 is 27.8 Å². The standard InChI is InChI=1S/C13H20BrN5O/c1-13(2,9-15)11(20)18-3-5-19(6-4-18)12-16-7-10(14)8-17-12/h7-8H,3-6,9,15H2,1-2H3. The molecule has 0 spiro atoms. The molecule has 0 aromatic carbocycles. The van der Waals surface area contributed by atoms with Crippen LogP contribution in [0.15, 0.2) is 16.9 Å². The third kappa shape index (κ3) is 3.27. The summed E-state index contributed by atoms with van der Waals surface area (Å²) in [6.07, 6.45) is 3.47. The molecule has 1 fully saturated rings. The van der Waals surface area contributed by atoms with Gasteiger partial charge in [-0.25, -0.2) is 9.97 Å². The molecule has 1 aliphatic heterocycles. The van der Waals surface area contributed by atoms with Crippen LogP contribution in [0.2, 0.25) is 0 Å². The number of amides is 1. The normalized spacial score (nSPS) is 16.4. The number of nitrogens with two attached hydrogens (primary N) is 1. The van der Waals surface area contributed by atoms with Crippen molar-refractivity contribution in [2.24, 2.45) is 11.1 Å². The van der Waals surface area contributed by atoms with Crippen molar-refractivity contribution in [3.63, 3.8) is 0 Å². The van der Waals surface area contributed by atoms with Gasteiger partial charge in [-0.15, -0.1) is 0 Å². The van der Waals surface area contributed by atoms with Gasteiger partial charge in [0.25, 0.3) is 0 Å². The summed E-state index contributed by atoms with van der Waals surface area (Å²) >= 11 is 3.32. The Morgan fingerprint density at radius 2 is 1.85 bits per heavy atom. The number of halogens is 1. The minimum atomic E-state index is -0.490. The molecule has 1 saturated heterocycles. The van der Waals surface area contributed by atoms with E-state index in [1.165, 1.54) is 0 Å². The van der Waals surface area contributed by atoms with Crippen LogP contribution in [-0.4, -0.2) is 53.5 Å². The second-order valence-electron chi connectivity index (χ2n) is 5.57. The summed E-state index contributed by atoms with van der Waals surface area (Å²) in [6, 6.07) is 0. The summed E-state index contributed by atoms with van der Waals surface area (Å²) in [5.74, 6) is 0.828. The molecule has 1 aromatic heterocycles. The Labute approximate surface area is 127 Å². The van der Waals surface area contributed by atoms with Crippen LogP contribution in [0.3, 0.4) is 0 Å². The van der Waals surface area contributed by atoms with Gasteiger partial charge in [-0.2, -0.15) is 0 Å². The summed E-state index contributed by atoms with van der Waals surface area (Å²) in [7, 11) is 0. The minimum absolute atomic E-state index is 0.122. The molecule has 110 valence electrons. The number of piperazine rings is 1. The molecular formula is C13H20BrN5O. The summed E-state index contributed by atoms with van der Waals surface area (Å²) in [5, 5.41) is 0. The van der Waals surface area contributed by atoms with Crippen molar-refractivity contribution in [2.45, 2.75) is 13.8 Å². The van der Waals surface area contributed by atoms with Crippen molar-refractivity contribution in [1.29, 1.82) is 0 Å². The van der Waals surface area contributed by atoms with E-state index in [1.807, 2.05) is 18.7 Å². The van der Waals surface area contributed by atoms with E-state index in [0.717, 1.165) is 17.6 Å². The lowest BCUT2D eigenvalue weighted by Gasteiger charge is -2.38. The summed E-state index contributed by atoms with van der Waals surface area (Å²) in [6.45, 7) is 6.99. The number of carbonyl (C=O) groups excluding carboxylic acids is 1. The molecule has 7 heteroatoms. The quantitative estimate of drug-likeness (QED) is 0.882. The molecule has 0 aliphatic carbocycles. The van der Waals surface area contributed by atoms with Crippen LogP contribution < -0.4 is 10.6 Å². The van der Waals surface area contributed by atoms with E-state index < -0.39 is 5.41 Å². The van der Waals surface area contributed by atoms with Crippen LogP contribution >= 0.6 is 15.9 Å². The van der Waals surface area contributed by atoms with Crippen molar-refractivity contribution in [1.82, 2.24) is 14.9 Å². The number of hydrogen-bond donors (Lipinski definition) is 1. The molecule has 1 aliphatic rings. The van der Waals surface area contributed by atoms with Crippen molar-refractivity contribution in [3.05, 3.63) is 16.9 Å². The van der Waals surface area contributed by atoms with Gasteiger partial charge in [-0.05, 0) is 29.8 Å². The number of carbonyl (C=O) groups is 1. The van der Waals surface area contributed by atoms with Gasteiger partial charge < -0.3 is 15.5 Å². The Kier molecular flexibility index (Phi) is 4.59. The van der Waals surface area contributed by atoms with Crippen molar-refractivity contribution < 1.29 is 4.79 Å². The lowest BCUT2D eigenvalue weighted by atomic mass is 9.91. The number of aromatic nitrogens is 2. The van der Waals surface area contributed by atoms with Crippen LogP contribution in [0, 0.1) is 5.41 Å². The van der Waals surface area contributed by atoms with Crippen LogP contribution in [0.5, 0.6) is 0 Å². The second-order valence-corrected chi connectivity index (χ2v) is 6.48. The number of rotatable bonds is 3. The first-order chi connectivity index (χ1) is 9.44. The van der Waals surface area contributed by atoms with Crippen LogP contribution in [0.1, 0.15) is 13.8 Å². The molecule has 0 radical (unpaired) electrons. The lowest BCUT2D eigenvalue weighted by molar-refractivity contribution is -0.140. The van der Waals surface area contributed by atoms with Crippen LogP contribution in [-0.2, 0) is 4.79 Å². The van der Waals surface area contributed by atoms with Gasteiger partial charge in [0.15, 0.2) is 0 Å². The smallest absolute Gasteiger partial charge is 0.229 e. The van der Waals surface area contributed by atoms with Crippen LogP contribution in [0.4, 0.5) is 5.95 Å². The Balaban J connectivity index is 1.96. The molecule has 2 N–H and O–H groups in total. The highest BCUT2D eigenvalue weighted by molar-refractivity contribution is 9.10. The fourth-order valence-corrected chi connectivity index (χ4v) is 2.30. The first-order valence-corrected chi connectivity index (χ1v) is 7.45. The minimum Gasteiger partial charge on any atom is -0.339 e. The molecule has 2 heterocycles. The van der Waals surface area contributed by atoms with E-state index in [4.69, 9.17) is 5.73 Å². The van der Waals surface area contributed by atoms with E-state index in [0.29, 0.717) is 25.6 Å². The lowest BCUT2D eigenvalue weighted by Crippen LogP contribution is -2.53. The summed E-state index contributed by atoms with van der Waals surface area (Å²) < 4.78 is 0.861. The third-order valence-corrected chi connectivity index (χ3v) is 3.96. The maximum atomic E-state index is 12.3. The summed E-state index contributed by atoms with van der Waals surface area (Å²) in [5.41, 5.74) is 5.17. The fraction of sp³-hybridized carbons (Fsp3) is 0.615. The zero-order valence-corrected chi connectivity index (χ0v) is 13.4. The first kappa shape index (κ1) is 15.2. The van der Waals surface area contributed by atoms with Crippen LogP contribution in [0.25, 0.3) is 0 Å². The fourth-order valence-electron chi connectivity index (χ4n) is 2.09. The van der Waals surface area contributed by atoms with Gasteiger partial charge in [0.2, 0.25) is 11.9 Å². The van der Waals surface area contributed by atoms with Gasteiger partial charge >= 0.3 is 0 Å². The summed E-state index contributed by atoms with van der Waals surface area (Å²) in [4.78, 5) is 24.9. The molecular weight excluding hydrogens is 322 g/mol. The highest BCUT2D eigenvalue weighted by Gasteiger charge is 2.32. The average molecular weight is 342 g/mol. The van der Waals surface area contributed by atoms with E-state index in [1.54, 1.807) is 12.4 Å². The predicted octanol–water partition coefficient (Wildman–Crippen LogP) is 0.873. The van der Waals surface area contributed by atoms with E-state index >= 15 is 0 Å². The highest BCUT2D eigenvalue weighted by Crippen LogP contribution is 2.19. The van der Waals surface area contributed by atoms with Gasteiger partial charge in [-0.1, -0.05) is 0 Å². The SMILES string of the molecule is CC(C)(CN)C(=O)N1CCN(c2ncc(Br)cn2)CC1. The Morgan fingerprint density at radius 1 is 1.30 bits per heavy atom. The number of anilines is 1. The largest absolute Gasteiger partial charge is 0.339 e. The molecule has 1 amide bonds. The van der Waals surface area contributed by atoms with Gasteiger partial charge in [0.05, 0.1) is 9.89 Å². The topological polar surface area (TPSA) is 75.4 Å². The highest BCUT2D eigenvalue weighted by atomic mass is 79.9. The Hall–Kier alpha value is -1.21. The molecule has 0 bridgehead atoms. The van der Waals surface area contributed by atoms with Gasteiger partial charge in [-0.3, -0.25) is 4.79 Å². The Morgan fingerprint density at radius 3 is 2.35 bits per heavy atom. The van der Waals surface area contributed by atoms with E-state index in [-0.39, 0.29) is 5.91 Å². The average Bonchev–Trinajstić information content (AvgIpc) is 2.47. The molecule has 20 heavy (non-hydrogen) atoms. The second kappa shape index (κ2) is 6.05. The van der Waals surface area contributed by atoms with Gasteiger partial charge in [0.1, 0.15) is 0 Å². The maximum Gasteiger partial charge on any atom is 0.229 e. The molecule has 6 nitrogen and oxygen atoms in total. The monoisotopic (exact) mass is 341 g/mol. The van der Waals surface area contributed by atoms with E-state index in [2.05, 4.69) is 30.8 Å². The molecule has 2 rings (SSSR count). The zero-order chi connectivity index (χ0) is 14.8. The predicted molar refractivity (Wildman–Crippen MR) is 81.4 cm³/mol. The first-order valence-electron chi connectivity index (χ1n) is 6.66. The van der Waals surface area contributed by atoms with Crippen molar-refractivity contribution in [2.75, 3.05) is 37.6 Å². The number of hydrogen-bond acceptors (Lipinski definition) is 5. The third-order valence-electron chi connectivity index (χ3n) is 3.55. The molecule has 1 aromatic rings. The molecule has 0 unspecified atom stereocenters. The zero-order valence-electron chi connectivity index (χ0n) is 11.8. The Bertz CT molecular complexity index is 468. The molecule has 0 saturated carbocycles. The maximum absolute atomic E-state index is 12.3. The van der Waals surface area contributed by atoms with Gasteiger partial charge in [0, 0.05) is 45.1 Å². The molecule has 0 atom stereocenters.